The zero-order valence-electron chi connectivity index (χ0n) is 6.53. The second kappa shape index (κ2) is 2.05. The van der Waals surface area contributed by atoms with E-state index in [1.165, 1.54) is 0 Å². The van der Waals surface area contributed by atoms with Crippen molar-refractivity contribution in [3.63, 3.8) is 0 Å². The molecule has 0 bridgehead atoms. The van der Waals surface area contributed by atoms with E-state index in [9.17, 15) is 0 Å². The zero-order valence-corrected chi connectivity index (χ0v) is 6.53. The van der Waals surface area contributed by atoms with Gasteiger partial charge < -0.3 is 4.42 Å². The molecule has 0 saturated carbocycles. The first-order valence-electron chi connectivity index (χ1n) is 3.49. The third-order valence-electron chi connectivity index (χ3n) is 1.80. The molecule has 3 nitrogen and oxygen atoms in total. The molecule has 0 aliphatic heterocycles. The largest absolute Gasteiger partial charge is 0.417 e. The Kier molecular flexibility index (Phi) is 1.18. The molecule has 2 heterocycles. The molecule has 0 aromatic carbocycles. The van der Waals surface area contributed by atoms with Crippen LogP contribution in [0.4, 0.5) is 0 Å². The number of oxazole rings is 1. The van der Waals surface area contributed by atoms with Crippen molar-refractivity contribution in [1.29, 1.82) is 0 Å². The molecule has 0 radical (unpaired) electrons. The van der Waals surface area contributed by atoms with E-state index in [-0.39, 0.29) is 0 Å². The van der Waals surface area contributed by atoms with Crippen molar-refractivity contribution in [1.82, 2.24) is 4.98 Å². The maximum absolute atomic E-state index is 5.40. The van der Waals surface area contributed by atoms with E-state index in [2.05, 4.69) is 4.98 Å². The van der Waals surface area contributed by atoms with Crippen LogP contribution in [0.3, 0.4) is 0 Å². The van der Waals surface area contributed by atoms with Crippen LogP contribution in [0.2, 0.25) is 0 Å². The smallest absolute Gasteiger partial charge is 0.368 e. The van der Waals surface area contributed by atoms with Gasteiger partial charge in [0, 0.05) is 6.92 Å². The van der Waals surface area contributed by atoms with Gasteiger partial charge in [0.1, 0.15) is 6.20 Å². The molecule has 11 heavy (non-hydrogen) atoms. The van der Waals surface area contributed by atoms with Gasteiger partial charge >= 0.3 is 5.65 Å². The minimum atomic E-state index is 0.840. The maximum atomic E-state index is 5.40. The number of rotatable bonds is 0. The molecule has 56 valence electrons. The number of nitrogens with zero attached hydrogens (tertiary/aromatic N) is 2. The van der Waals surface area contributed by atoms with Gasteiger partial charge in [-0.25, -0.2) is 0 Å². The number of fused-ring (bicyclic) bond motifs is 1. The first kappa shape index (κ1) is 6.34. The van der Waals surface area contributed by atoms with Gasteiger partial charge in [-0.15, -0.1) is 0 Å². The third kappa shape index (κ3) is 0.808. The molecule has 3 heteroatoms. The molecular formula is C8H9N2O+. The van der Waals surface area contributed by atoms with Gasteiger partial charge in [-0.05, 0) is 17.1 Å². The molecule has 0 aliphatic carbocycles. The van der Waals surface area contributed by atoms with Crippen LogP contribution in [0.1, 0.15) is 5.89 Å². The minimum Gasteiger partial charge on any atom is -0.417 e. The van der Waals surface area contributed by atoms with E-state index < -0.39 is 0 Å². The van der Waals surface area contributed by atoms with Gasteiger partial charge in [-0.2, -0.15) is 4.57 Å². The molecule has 0 amide bonds. The van der Waals surface area contributed by atoms with Crippen LogP contribution in [0, 0.1) is 6.92 Å². The van der Waals surface area contributed by atoms with Crippen molar-refractivity contribution in [2.45, 2.75) is 6.92 Å². The molecular weight excluding hydrogens is 140 g/mol. The molecule has 0 fully saturated rings. The molecule has 0 spiro atoms. The average molecular weight is 149 g/mol. The van der Waals surface area contributed by atoms with Crippen LogP contribution in [0.25, 0.3) is 11.2 Å². The fourth-order valence-electron chi connectivity index (χ4n) is 1.09. The lowest BCUT2D eigenvalue weighted by Crippen LogP contribution is -2.29. The highest BCUT2D eigenvalue weighted by Crippen LogP contribution is 2.08. The number of pyridine rings is 1. The molecule has 2 aromatic rings. The summed E-state index contributed by atoms with van der Waals surface area (Å²) in [4.78, 5) is 4.17. The molecule has 2 aromatic heterocycles. The number of hydrogen-bond donors (Lipinski definition) is 0. The SMILES string of the molecule is Cc1oc2cccnc2[n+]1C. The van der Waals surface area contributed by atoms with Crippen LogP contribution in [-0.2, 0) is 7.05 Å². The highest BCUT2D eigenvalue weighted by molar-refractivity contribution is 5.62. The van der Waals surface area contributed by atoms with Crippen molar-refractivity contribution in [3.05, 3.63) is 24.2 Å². The molecule has 0 N–H and O–H groups in total. The van der Waals surface area contributed by atoms with Gasteiger partial charge in [0.05, 0.1) is 7.05 Å². The van der Waals surface area contributed by atoms with Gasteiger partial charge in [0.15, 0.2) is 0 Å². The first-order chi connectivity index (χ1) is 5.29. The molecule has 0 aliphatic rings. The summed E-state index contributed by atoms with van der Waals surface area (Å²) in [6.45, 7) is 1.92. The zero-order chi connectivity index (χ0) is 7.84. The Morgan fingerprint density at radius 3 is 3.09 bits per heavy atom. The van der Waals surface area contributed by atoms with Crippen molar-refractivity contribution < 1.29 is 8.98 Å². The van der Waals surface area contributed by atoms with Crippen molar-refractivity contribution in [3.8, 4) is 0 Å². The second-order valence-corrected chi connectivity index (χ2v) is 2.51. The summed E-state index contributed by atoms with van der Waals surface area (Å²) in [6, 6.07) is 3.78. The van der Waals surface area contributed by atoms with Crippen LogP contribution in [0.5, 0.6) is 0 Å². The lowest BCUT2D eigenvalue weighted by molar-refractivity contribution is -0.658. The van der Waals surface area contributed by atoms with Crippen LogP contribution in [-0.4, -0.2) is 4.98 Å². The Balaban J connectivity index is 2.92. The van der Waals surface area contributed by atoms with Crippen molar-refractivity contribution in [2.75, 3.05) is 0 Å². The number of hydrogen-bond acceptors (Lipinski definition) is 2. The Bertz CT molecular complexity index is 392. The monoisotopic (exact) mass is 149 g/mol. The lowest BCUT2D eigenvalue weighted by atomic mass is 10.5. The molecule has 0 unspecified atom stereocenters. The van der Waals surface area contributed by atoms with E-state index in [0.29, 0.717) is 0 Å². The summed E-state index contributed by atoms with van der Waals surface area (Å²) in [5.74, 6) is 0.874. The quantitative estimate of drug-likeness (QED) is 0.522. The third-order valence-corrected chi connectivity index (χ3v) is 1.80. The Morgan fingerprint density at radius 1 is 1.55 bits per heavy atom. The summed E-state index contributed by atoms with van der Waals surface area (Å²) in [6.07, 6.45) is 1.76. The number of aryl methyl sites for hydroxylation is 2. The van der Waals surface area contributed by atoms with E-state index in [4.69, 9.17) is 4.42 Å². The van der Waals surface area contributed by atoms with Gasteiger partial charge in [-0.1, -0.05) is 0 Å². The maximum Gasteiger partial charge on any atom is 0.368 e. The van der Waals surface area contributed by atoms with E-state index >= 15 is 0 Å². The average Bonchev–Trinajstić information content (AvgIpc) is 2.30. The molecule has 0 saturated heterocycles. The molecule has 2 rings (SSSR count). The second-order valence-electron chi connectivity index (χ2n) is 2.51. The number of aromatic nitrogens is 2. The Hall–Kier alpha value is -1.38. The summed E-state index contributed by atoms with van der Waals surface area (Å²) in [7, 11) is 1.94. The standard InChI is InChI=1S/C8H9N2O/c1-6-10(2)8-7(11-6)4-3-5-9-8/h3-5H,1-2H3/q+1. The normalized spacial score (nSPS) is 10.7. The van der Waals surface area contributed by atoms with E-state index in [1.54, 1.807) is 6.20 Å². The summed E-state index contributed by atoms with van der Waals surface area (Å²) < 4.78 is 7.33. The predicted octanol–water partition coefficient (Wildman–Crippen LogP) is 0.961. The van der Waals surface area contributed by atoms with E-state index in [0.717, 1.165) is 17.1 Å². The minimum absolute atomic E-state index is 0.840. The van der Waals surface area contributed by atoms with Crippen molar-refractivity contribution in [2.24, 2.45) is 7.05 Å². The topological polar surface area (TPSA) is 29.9 Å². The van der Waals surface area contributed by atoms with Crippen LogP contribution >= 0.6 is 0 Å². The summed E-state index contributed by atoms with van der Waals surface area (Å²) >= 11 is 0. The summed E-state index contributed by atoms with van der Waals surface area (Å²) in [5.41, 5.74) is 1.73. The lowest BCUT2D eigenvalue weighted by Gasteiger charge is -1.79. The summed E-state index contributed by atoms with van der Waals surface area (Å²) in [5, 5.41) is 0. The van der Waals surface area contributed by atoms with Gasteiger partial charge in [0.2, 0.25) is 5.58 Å². The van der Waals surface area contributed by atoms with Crippen LogP contribution in [0.15, 0.2) is 22.7 Å². The highest BCUT2D eigenvalue weighted by atomic mass is 16.3. The Morgan fingerprint density at radius 2 is 2.36 bits per heavy atom. The van der Waals surface area contributed by atoms with Gasteiger partial charge in [0.25, 0.3) is 5.89 Å². The molecule has 0 atom stereocenters. The predicted molar refractivity (Wildman–Crippen MR) is 39.9 cm³/mol. The highest BCUT2D eigenvalue weighted by Gasteiger charge is 2.12. The fraction of sp³-hybridized carbons (Fsp3) is 0.250. The first-order valence-corrected chi connectivity index (χ1v) is 3.49. The fourth-order valence-corrected chi connectivity index (χ4v) is 1.09. The van der Waals surface area contributed by atoms with E-state index in [1.807, 2.05) is 30.7 Å². The van der Waals surface area contributed by atoms with Gasteiger partial charge in [-0.3, -0.25) is 0 Å². The van der Waals surface area contributed by atoms with Crippen molar-refractivity contribution >= 4 is 11.2 Å². The Labute approximate surface area is 64.3 Å². The van der Waals surface area contributed by atoms with Crippen LogP contribution < -0.4 is 4.57 Å².